The average molecular weight is 570 g/mol. The van der Waals surface area contributed by atoms with Gasteiger partial charge in [-0.15, -0.1) is 0 Å². The summed E-state index contributed by atoms with van der Waals surface area (Å²) in [5.41, 5.74) is 4.08. The highest BCUT2D eigenvalue weighted by Gasteiger charge is 2.64. The number of hydrogen-bond donors (Lipinski definition) is 5. The second kappa shape index (κ2) is 11.1. The van der Waals surface area contributed by atoms with Crippen molar-refractivity contribution in [2.45, 2.75) is 70.4 Å². The number of hydrogen-bond acceptors (Lipinski definition) is 9. The number of aromatic hydroxyl groups is 1. The van der Waals surface area contributed by atoms with Crippen LogP contribution >= 0.6 is 0 Å². The summed E-state index contributed by atoms with van der Waals surface area (Å²) in [5.74, 6) is -5.76. The van der Waals surface area contributed by atoms with Crippen molar-refractivity contribution in [2.24, 2.45) is 23.5 Å². The number of ketones is 2. The van der Waals surface area contributed by atoms with Gasteiger partial charge in [0.1, 0.15) is 22.8 Å². The van der Waals surface area contributed by atoms with Gasteiger partial charge in [0, 0.05) is 31.3 Å². The van der Waals surface area contributed by atoms with Crippen LogP contribution in [-0.2, 0) is 27.2 Å². The number of phenolic OH excluding ortho intramolecular Hbond substituents is 1. The van der Waals surface area contributed by atoms with Crippen LogP contribution in [0.4, 0.5) is 5.69 Å². The summed E-state index contributed by atoms with van der Waals surface area (Å²) in [6.07, 6.45) is 4.92. The fourth-order valence-corrected chi connectivity index (χ4v) is 7.21. The van der Waals surface area contributed by atoms with Gasteiger partial charge in [0.15, 0.2) is 11.4 Å². The Morgan fingerprint density at radius 1 is 1.12 bits per heavy atom. The maximum absolute atomic E-state index is 14.1. The lowest BCUT2D eigenvalue weighted by Gasteiger charge is -2.50. The molecule has 1 aromatic rings. The number of aliphatic hydroxyl groups excluding tert-OH is 2. The lowest BCUT2D eigenvalue weighted by Crippen LogP contribution is -2.65. The van der Waals surface area contributed by atoms with E-state index in [1.165, 1.54) is 4.90 Å². The minimum atomic E-state index is -2.64. The summed E-state index contributed by atoms with van der Waals surface area (Å²) < 4.78 is 0. The molecule has 1 fully saturated rings. The van der Waals surface area contributed by atoms with Crippen LogP contribution in [0.25, 0.3) is 5.76 Å². The molecule has 1 aromatic carbocycles. The smallest absolute Gasteiger partial charge is 0.255 e. The van der Waals surface area contributed by atoms with E-state index in [1.54, 1.807) is 14.1 Å². The van der Waals surface area contributed by atoms with Gasteiger partial charge in [-0.25, -0.2) is 0 Å². The van der Waals surface area contributed by atoms with Crippen molar-refractivity contribution in [3.63, 3.8) is 0 Å². The Kier molecular flexibility index (Phi) is 8.30. The summed E-state index contributed by atoms with van der Waals surface area (Å²) in [6, 6.07) is 0.826. The highest BCUT2D eigenvalue weighted by atomic mass is 16.3. The molecule has 0 bridgehead atoms. The molecule has 3 aliphatic carbocycles. The van der Waals surface area contributed by atoms with Crippen LogP contribution in [0.15, 0.2) is 23.0 Å². The van der Waals surface area contributed by atoms with Gasteiger partial charge in [0.2, 0.25) is 5.78 Å². The van der Waals surface area contributed by atoms with Crippen LogP contribution < -0.4 is 10.6 Å². The first-order valence-corrected chi connectivity index (χ1v) is 14.4. The van der Waals surface area contributed by atoms with Crippen molar-refractivity contribution < 1.29 is 34.8 Å². The number of fused-ring (bicyclic) bond motifs is 3. The van der Waals surface area contributed by atoms with Crippen molar-refractivity contribution in [3.8, 4) is 5.75 Å². The number of Topliss-reactive ketones (excluding diaryl/α,β-unsaturated/α-hetero) is 2. The summed E-state index contributed by atoms with van der Waals surface area (Å²) >= 11 is 0. The first kappa shape index (κ1) is 30.6. The van der Waals surface area contributed by atoms with E-state index in [2.05, 4.69) is 13.8 Å². The number of aryl methyl sites for hydroxylation is 1. The average Bonchev–Trinajstić information content (AvgIpc) is 2.89. The Morgan fingerprint density at radius 2 is 1.76 bits per heavy atom. The van der Waals surface area contributed by atoms with Gasteiger partial charge in [-0.1, -0.05) is 33.1 Å². The molecule has 0 saturated heterocycles. The molecule has 0 aromatic heterocycles. The van der Waals surface area contributed by atoms with Crippen LogP contribution in [0.5, 0.6) is 5.75 Å². The zero-order chi connectivity index (χ0) is 30.5. The summed E-state index contributed by atoms with van der Waals surface area (Å²) in [6.45, 7) is 4.33. The van der Waals surface area contributed by atoms with Crippen LogP contribution in [0, 0.1) is 17.8 Å². The number of nitrogens with two attached hydrogens (primary N) is 1. The molecule has 10 heteroatoms. The summed E-state index contributed by atoms with van der Waals surface area (Å²) in [7, 11) is 6.91. The monoisotopic (exact) mass is 569 g/mol. The Labute approximate surface area is 241 Å². The van der Waals surface area contributed by atoms with E-state index >= 15 is 0 Å². The Morgan fingerprint density at radius 3 is 2.29 bits per heavy atom. The minimum absolute atomic E-state index is 0.0660. The van der Waals surface area contributed by atoms with Gasteiger partial charge in [0.05, 0.1) is 11.6 Å². The Hall–Kier alpha value is -3.37. The molecule has 1 saturated carbocycles. The molecule has 3 aliphatic rings. The van der Waals surface area contributed by atoms with Crippen LogP contribution in [-0.4, -0.2) is 82.6 Å². The van der Waals surface area contributed by atoms with E-state index in [4.69, 9.17) is 5.73 Å². The number of phenols is 1. The standard InChI is InChI=1S/C31H43N3O7/c1-7-15(8-2)10-9-11-16-14-20(33(3)4)18-12-17-13-19-24(34(5)6)27(37)23(30(32)40)29(39)31(19,41)28(38)21(17)26(36)22(18)25(16)35/h14-15,17,19,24,35-36,39,41H,7-13H2,1-6H3,(H2,32,40). The van der Waals surface area contributed by atoms with E-state index in [9.17, 15) is 34.8 Å². The molecule has 6 N–H and O–H groups in total. The summed E-state index contributed by atoms with van der Waals surface area (Å²) in [5, 5.41) is 45.9. The third-order valence-electron chi connectivity index (χ3n) is 9.47. The third-order valence-corrected chi connectivity index (χ3v) is 9.47. The van der Waals surface area contributed by atoms with E-state index < -0.39 is 58.0 Å². The predicted molar refractivity (Wildman–Crippen MR) is 156 cm³/mol. The van der Waals surface area contributed by atoms with E-state index in [1.807, 2.05) is 25.1 Å². The SMILES string of the molecule is CCC(CC)CCCc1cc(N(C)C)c2c(c1O)C(O)=C1C(=O)C3(O)C(O)=C(C(N)=O)C(=O)C(N(C)C)C3CC1C2. The number of carbonyl (C=O) groups is 3. The molecule has 1 amide bonds. The van der Waals surface area contributed by atoms with Crippen molar-refractivity contribution in [2.75, 3.05) is 33.1 Å². The minimum Gasteiger partial charge on any atom is -0.508 e. The largest absolute Gasteiger partial charge is 0.508 e. The lowest BCUT2D eigenvalue weighted by molar-refractivity contribution is -0.153. The fraction of sp³-hybridized carbons (Fsp3) is 0.581. The molecule has 10 nitrogen and oxygen atoms in total. The molecule has 224 valence electrons. The number of likely N-dealkylation sites (N-methyl/N-ethyl adjacent to an activating group) is 1. The molecule has 41 heavy (non-hydrogen) atoms. The van der Waals surface area contributed by atoms with E-state index in [-0.39, 0.29) is 29.7 Å². The van der Waals surface area contributed by atoms with Gasteiger partial charge < -0.3 is 31.1 Å². The molecular formula is C31H43N3O7. The quantitative estimate of drug-likeness (QED) is 0.281. The number of carbonyl (C=O) groups excluding carboxylic acids is 3. The topological polar surface area (TPSA) is 165 Å². The maximum Gasteiger partial charge on any atom is 0.255 e. The van der Waals surface area contributed by atoms with Crippen molar-refractivity contribution >= 4 is 28.9 Å². The van der Waals surface area contributed by atoms with Crippen molar-refractivity contribution in [3.05, 3.63) is 39.7 Å². The number of primary amides is 1. The second-order valence-electron chi connectivity index (χ2n) is 12.2. The Bertz CT molecular complexity index is 1340. The third kappa shape index (κ3) is 4.70. The van der Waals surface area contributed by atoms with Crippen LogP contribution in [0.1, 0.15) is 62.6 Å². The summed E-state index contributed by atoms with van der Waals surface area (Å²) in [4.78, 5) is 42.9. The lowest BCUT2D eigenvalue weighted by atomic mass is 9.57. The van der Waals surface area contributed by atoms with Crippen molar-refractivity contribution in [1.29, 1.82) is 0 Å². The van der Waals surface area contributed by atoms with E-state index in [0.717, 1.165) is 31.4 Å². The van der Waals surface area contributed by atoms with Crippen LogP contribution in [0.3, 0.4) is 0 Å². The number of anilines is 1. The molecule has 0 heterocycles. The molecule has 0 radical (unpaired) electrons. The van der Waals surface area contributed by atoms with Gasteiger partial charge in [-0.05, 0) is 68.8 Å². The predicted octanol–water partition coefficient (Wildman–Crippen LogP) is 2.79. The molecule has 4 rings (SSSR count). The van der Waals surface area contributed by atoms with Crippen molar-refractivity contribution in [1.82, 2.24) is 4.90 Å². The number of nitrogens with zero attached hydrogens (tertiary/aromatic N) is 2. The zero-order valence-electron chi connectivity index (χ0n) is 24.8. The van der Waals surface area contributed by atoms with Gasteiger partial charge in [-0.2, -0.15) is 0 Å². The van der Waals surface area contributed by atoms with Gasteiger partial charge >= 0.3 is 0 Å². The van der Waals surface area contributed by atoms with Crippen LogP contribution in [0.2, 0.25) is 0 Å². The number of aliphatic hydroxyl groups is 3. The normalized spacial score (nSPS) is 25.9. The number of amides is 1. The molecular weight excluding hydrogens is 526 g/mol. The molecule has 4 atom stereocenters. The number of rotatable bonds is 9. The highest BCUT2D eigenvalue weighted by Crippen LogP contribution is 2.54. The van der Waals surface area contributed by atoms with Gasteiger partial charge in [-0.3, -0.25) is 19.3 Å². The second-order valence-corrected chi connectivity index (χ2v) is 12.2. The Balaban J connectivity index is 1.88. The highest BCUT2D eigenvalue weighted by molar-refractivity contribution is 6.24. The number of benzene rings is 1. The molecule has 4 unspecified atom stereocenters. The molecule has 0 aliphatic heterocycles. The molecule has 0 spiro atoms. The maximum atomic E-state index is 14.1. The van der Waals surface area contributed by atoms with E-state index in [0.29, 0.717) is 23.5 Å². The zero-order valence-corrected chi connectivity index (χ0v) is 24.8. The first-order chi connectivity index (χ1) is 19.2. The fourth-order valence-electron chi connectivity index (χ4n) is 7.21. The van der Waals surface area contributed by atoms with Gasteiger partial charge in [0.25, 0.3) is 5.91 Å². The first-order valence-electron chi connectivity index (χ1n) is 14.4.